The number of aromatic nitrogens is 1. The third kappa shape index (κ3) is 5.79. The van der Waals surface area contributed by atoms with Crippen LogP contribution in [0.3, 0.4) is 0 Å². The van der Waals surface area contributed by atoms with Gasteiger partial charge in [0.1, 0.15) is 5.01 Å². The van der Waals surface area contributed by atoms with E-state index in [4.69, 9.17) is 9.72 Å². The number of thiazole rings is 1. The fourth-order valence-electron chi connectivity index (χ4n) is 3.12. The van der Waals surface area contributed by atoms with E-state index in [1.54, 1.807) is 35.6 Å². The summed E-state index contributed by atoms with van der Waals surface area (Å²) in [6, 6.07) is 20.3. The summed E-state index contributed by atoms with van der Waals surface area (Å²) in [7, 11) is 0. The third-order valence-electron chi connectivity index (χ3n) is 4.69. The average Bonchev–Trinajstić information content (AvgIpc) is 3.48. The molecular formula is C25H20N2O4S2. The van der Waals surface area contributed by atoms with Gasteiger partial charge in [0.25, 0.3) is 5.91 Å². The number of nitrogens with one attached hydrogen (secondary N) is 1. The minimum atomic E-state index is -0.510. The van der Waals surface area contributed by atoms with Crippen LogP contribution in [0.4, 0.5) is 5.69 Å². The Balaban J connectivity index is 1.42. The van der Waals surface area contributed by atoms with Gasteiger partial charge in [0.15, 0.2) is 12.4 Å². The number of hydrogen-bond donors (Lipinski definition) is 1. The van der Waals surface area contributed by atoms with E-state index in [9.17, 15) is 14.4 Å². The molecule has 2 aromatic heterocycles. The molecule has 33 heavy (non-hydrogen) atoms. The van der Waals surface area contributed by atoms with Gasteiger partial charge in [0.2, 0.25) is 0 Å². The Hall–Kier alpha value is -3.62. The summed E-state index contributed by atoms with van der Waals surface area (Å²) < 4.78 is 5.21. The Morgan fingerprint density at radius 1 is 1.00 bits per heavy atom. The van der Waals surface area contributed by atoms with Gasteiger partial charge >= 0.3 is 5.97 Å². The Kier molecular flexibility index (Phi) is 7.07. The fraction of sp³-hybridized carbons (Fsp3) is 0.120. The first kappa shape index (κ1) is 22.6. The molecule has 4 rings (SSSR count). The number of anilines is 1. The van der Waals surface area contributed by atoms with Crippen molar-refractivity contribution in [3.63, 3.8) is 0 Å². The van der Waals surface area contributed by atoms with Crippen LogP contribution in [0.15, 0.2) is 72.1 Å². The van der Waals surface area contributed by atoms with Crippen LogP contribution in [0.25, 0.3) is 21.1 Å². The predicted octanol–water partition coefficient (Wildman–Crippen LogP) is 5.47. The van der Waals surface area contributed by atoms with Crippen LogP contribution >= 0.6 is 22.7 Å². The average molecular weight is 477 g/mol. The molecule has 0 fully saturated rings. The molecule has 166 valence electrons. The number of carbonyl (C=O) groups excluding carboxylic acids is 3. The lowest BCUT2D eigenvalue weighted by molar-refractivity contribution is -0.146. The SMILES string of the molecule is CC(=O)c1cccc(NC(=O)COC(=O)Cc2sc(-c3ccccc3)nc2-c2cccs2)c1. The zero-order valence-corrected chi connectivity index (χ0v) is 19.4. The molecule has 0 unspecified atom stereocenters. The van der Waals surface area contributed by atoms with Gasteiger partial charge in [-0.05, 0) is 30.5 Å². The molecule has 0 aliphatic heterocycles. The highest BCUT2D eigenvalue weighted by Gasteiger charge is 2.19. The standard InChI is InChI=1S/C25H20N2O4S2/c1-16(28)18-9-5-10-19(13-18)26-22(29)15-31-23(30)14-21-24(20-11-6-12-32-20)27-25(33-21)17-7-3-2-4-8-17/h2-13H,14-15H2,1H3,(H,26,29). The molecule has 0 saturated heterocycles. The second-order valence-corrected chi connectivity index (χ2v) is 9.19. The molecule has 1 amide bonds. The van der Waals surface area contributed by atoms with E-state index >= 15 is 0 Å². The molecule has 6 nitrogen and oxygen atoms in total. The molecule has 0 aliphatic rings. The molecule has 0 bridgehead atoms. The Morgan fingerprint density at radius 2 is 1.82 bits per heavy atom. The zero-order chi connectivity index (χ0) is 23.2. The maximum atomic E-state index is 12.5. The molecular weight excluding hydrogens is 456 g/mol. The second-order valence-electron chi connectivity index (χ2n) is 7.16. The first-order valence-electron chi connectivity index (χ1n) is 10.1. The van der Waals surface area contributed by atoms with Crippen molar-refractivity contribution in [1.82, 2.24) is 4.98 Å². The highest BCUT2D eigenvalue weighted by atomic mass is 32.1. The van der Waals surface area contributed by atoms with E-state index in [0.717, 1.165) is 26.0 Å². The number of rotatable bonds is 8. The lowest BCUT2D eigenvalue weighted by atomic mass is 10.1. The molecule has 1 N–H and O–H groups in total. The summed E-state index contributed by atoms with van der Waals surface area (Å²) in [6.45, 7) is 1.04. The van der Waals surface area contributed by atoms with Crippen LogP contribution in [0.1, 0.15) is 22.2 Å². The van der Waals surface area contributed by atoms with Crippen molar-refractivity contribution < 1.29 is 19.1 Å². The van der Waals surface area contributed by atoms with Gasteiger partial charge in [-0.3, -0.25) is 14.4 Å². The highest BCUT2D eigenvalue weighted by Crippen LogP contribution is 2.36. The van der Waals surface area contributed by atoms with Crippen LogP contribution in [0.5, 0.6) is 0 Å². The minimum Gasteiger partial charge on any atom is -0.455 e. The first-order valence-corrected chi connectivity index (χ1v) is 11.8. The quantitative estimate of drug-likeness (QED) is 0.269. The van der Waals surface area contributed by atoms with Crippen molar-refractivity contribution in [3.05, 3.63) is 82.6 Å². The van der Waals surface area contributed by atoms with Gasteiger partial charge in [-0.2, -0.15) is 0 Å². The molecule has 0 atom stereocenters. The molecule has 0 aliphatic carbocycles. The number of nitrogens with zero attached hydrogens (tertiary/aromatic N) is 1. The number of carbonyl (C=O) groups is 3. The van der Waals surface area contributed by atoms with E-state index < -0.39 is 18.5 Å². The summed E-state index contributed by atoms with van der Waals surface area (Å²) in [4.78, 5) is 42.7. The minimum absolute atomic E-state index is 0.0187. The highest BCUT2D eigenvalue weighted by molar-refractivity contribution is 7.17. The lowest BCUT2D eigenvalue weighted by Gasteiger charge is -2.07. The number of hydrogen-bond acceptors (Lipinski definition) is 7. The molecule has 4 aromatic rings. The fourth-order valence-corrected chi connectivity index (χ4v) is 5.00. The number of thiophene rings is 1. The van der Waals surface area contributed by atoms with E-state index in [1.807, 2.05) is 47.8 Å². The van der Waals surface area contributed by atoms with Gasteiger partial charge in [-0.15, -0.1) is 22.7 Å². The number of Topliss-reactive ketones (excluding diaryl/α,β-unsaturated/α-hetero) is 1. The molecule has 0 saturated carbocycles. The topological polar surface area (TPSA) is 85.4 Å². The number of ether oxygens (including phenoxy) is 1. The Morgan fingerprint density at radius 3 is 2.55 bits per heavy atom. The molecule has 0 spiro atoms. The van der Waals surface area contributed by atoms with Gasteiger partial charge in [-0.25, -0.2) is 4.98 Å². The normalized spacial score (nSPS) is 10.6. The van der Waals surface area contributed by atoms with Crippen molar-refractivity contribution in [1.29, 1.82) is 0 Å². The van der Waals surface area contributed by atoms with Crippen LogP contribution in [-0.4, -0.2) is 29.3 Å². The predicted molar refractivity (Wildman–Crippen MR) is 131 cm³/mol. The van der Waals surface area contributed by atoms with Crippen molar-refractivity contribution in [2.24, 2.45) is 0 Å². The number of amides is 1. The van der Waals surface area contributed by atoms with E-state index in [0.29, 0.717) is 11.3 Å². The lowest BCUT2D eigenvalue weighted by Crippen LogP contribution is -2.21. The van der Waals surface area contributed by atoms with Crippen molar-refractivity contribution in [2.75, 3.05) is 11.9 Å². The van der Waals surface area contributed by atoms with Crippen molar-refractivity contribution in [2.45, 2.75) is 13.3 Å². The molecule has 8 heteroatoms. The van der Waals surface area contributed by atoms with Crippen molar-refractivity contribution in [3.8, 4) is 21.1 Å². The number of ketones is 1. The first-order chi connectivity index (χ1) is 16.0. The Bertz CT molecular complexity index is 1280. The van der Waals surface area contributed by atoms with Gasteiger partial charge in [0, 0.05) is 21.7 Å². The van der Waals surface area contributed by atoms with Gasteiger partial charge in [0.05, 0.1) is 17.0 Å². The van der Waals surface area contributed by atoms with E-state index in [1.165, 1.54) is 18.3 Å². The van der Waals surface area contributed by atoms with Gasteiger partial charge in [-0.1, -0.05) is 48.5 Å². The summed E-state index contributed by atoms with van der Waals surface area (Å²) >= 11 is 2.99. The van der Waals surface area contributed by atoms with Crippen molar-refractivity contribution >= 4 is 46.0 Å². The third-order valence-corrected chi connectivity index (χ3v) is 6.68. The summed E-state index contributed by atoms with van der Waals surface area (Å²) in [5, 5.41) is 5.43. The zero-order valence-electron chi connectivity index (χ0n) is 17.7. The van der Waals surface area contributed by atoms with Gasteiger partial charge < -0.3 is 10.1 Å². The largest absolute Gasteiger partial charge is 0.455 e. The molecule has 0 radical (unpaired) electrons. The van der Waals surface area contributed by atoms with E-state index in [-0.39, 0.29) is 12.2 Å². The maximum absolute atomic E-state index is 12.5. The van der Waals surface area contributed by atoms with Crippen LogP contribution in [0, 0.1) is 0 Å². The monoisotopic (exact) mass is 476 g/mol. The number of benzene rings is 2. The van der Waals surface area contributed by atoms with Crippen LogP contribution < -0.4 is 5.32 Å². The Labute approximate surface area is 198 Å². The summed E-state index contributed by atoms with van der Waals surface area (Å²) in [5.41, 5.74) is 2.70. The van der Waals surface area contributed by atoms with E-state index in [2.05, 4.69) is 5.32 Å². The summed E-state index contributed by atoms with van der Waals surface area (Å²) in [5.74, 6) is -1.08. The maximum Gasteiger partial charge on any atom is 0.311 e. The van der Waals surface area contributed by atoms with Crippen LogP contribution in [0.2, 0.25) is 0 Å². The summed E-state index contributed by atoms with van der Waals surface area (Å²) in [6.07, 6.45) is 0.0187. The smallest absolute Gasteiger partial charge is 0.311 e. The van der Waals surface area contributed by atoms with Crippen LogP contribution in [-0.2, 0) is 20.7 Å². The number of esters is 1. The second kappa shape index (κ2) is 10.3. The molecule has 2 aromatic carbocycles. The molecule has 2 heterocycles.